The first kappa shape index (κ1) is 15.9. The number of rotatable bonds is 4. The number of ether oxygens (including phenoxy) is 1. The van der Waals surface area contributed by atoms with E-state index in [1.54, 1.807) is 50.4 Å². The number of aryl methyl sites for hydroxylation is 2. The van der Waals surface area contributed by atoms with Gasteiger partial charge in [0.05, 0.1) is 12.0 Å². The Morgan fingerprint density at radius 3 is 2.24 bits per heavy atom. The van der Waals surface area contributed by atoms with Gasteiger partial charge < -0.3 is 4.74 Å². The van der Waals surface area contributed by atoms with Gasteiger partial charge >= 0.3 is 0 Å². The van der Waals surface area contributed by atoms with Crippen LogP contribution < -0.4 is 9.46 Å². The van der Waals surface area contributed by atoms with E-state index < -0.39 is 10.0 Å². The van der Waals surface area contributed by atoms with E-state index in [2.05, 4.69) is 20.7 Å². The lowest BCUT2D eigenvalue weighted by Crippen LogP contribution is -2.14. The van der Waals surface area contributed by atoms with Crippen LogP contribution in [-0.4, -0.2) is 15.5 Å². The number of halogens is 1. The molecule has 0 saturated carbocycles. The summed E-state index contributed by atoms with van der Waals surface area (Å²) in [7, 11) is -2.05. The molecule has 0 spiro atoms. The number of hydrogen-bond donors (Lipinski definition) is 1. The third kappa shape index (κ3) is 3.57. The molecule has 6 heteroatoms. The Balaban J connectivity index is 2.35. The molecule has 21 heavy (non-hydrogen) atoms. The molecule has 0 amide bonds. The molecule has 0 radical (unpaired) electrons. The normalized spacial score (nSPS) is 11.2. The minimum Gasteiger partial charge on any atom is -0.497 e. The lowest BCUT2D eigenvalue weighted by molar-refractivity contribution is 0.415. The molecule has 0 aliphatic heterocycles. The Labute approximate surface area is 133 Å². The fourth-order valence-corrected chi connectivity index (χ4v) is 3.74. The van der Waals surface area contributed by atoms with Gasteiger partial charge in [0.1, 0.15) is 5.75 Å². The quantitative estimate of drug-likeness (QED) is 0.889. The third-order valence-corrected chi connectivity index (χ3v) is 5.47. The molecule has 0 aliphatic rings. The van der Waals surface area contributed by atoms with E-state index in [1.165, 1.54) is 0 Å². The molecule has 0 aliphatic carbocycles. The summed E-state index contributed by atoms with van der Waals surface area (Å²) >= 11 is 3.40. The highest BCUT2D eigenvalue weighted by molar-refractivity contribution is 9.10. The van der Waals surface area contributed by atoms with Crippen molar-refractivity contribution in [1.29, 1.82) is 0 Å². The predicted octanol–water partition coefficient (Wildman–Crippen LogP) is 3.88. The van der Waals surface area contributed by atoms with Crippen molar-refractivity contribution in [2.24, 2.45) is 0 Å². The summed E-state index contributed by atoms with van der Waals surface area (Å²) in [6, 6.07) is 10.2. The molecular weight excluding hydrogens is 354 g/mol. The Hall–Kier alpha value is -1.53. The van der Waals surface area contributed by atoms with E-state index in [0.717, 1.165) is 10.0 Å². The van der Waals surface area contributed by atoms with Crippen molar-refractivity contribution in [2.45, 2.75) is 18.7 Å². The van der Waals surface area contributed by atoms with Gasteiger partial charge in [0.15, 0.2) is 0 Å². The van der Waals surface area contributed by atoms with Gasteiger partial charge in [-0.05, 0) is 61.4 Å². The minimum absolute atomic E-state index is 0.277. The van der Waals surface area contributed by atoms with Crippen LogP contribution in [0, 0.1) is 13.8 Å². The first-order valence-corrected chi connectivity index (χ1v) is 8.55. The predicted molar refractivity (Wildman–Crippen MR) is 87.4 cm³/mol. The highest BCUT2D eigenvalue weighted by Crippen LogP contribution is 2.26. The molecular formula is C15H16BrNO3S. The maximum Gasteiger partial charge on any atom is 0.262 e. The zero-order valence-electron chi connectivity index (χ0n) is 12.0. The van der Waals surface area contributed by atoms with Crippen molar-refractivity contribution < 1.29 is 13.2 Å². The molecule has 2 aromatic carbocycles. The van der Waals surface area contributed by atoms with E-state index in [0.29, 0.717) is 17.0 Å². The maximum atomic E-state index is 12.5. The molecule has 0 fully saturated rings. The standard InChI is InChI=1S/C15H16BrNO3S/c1-10-9-15(11(2)8-14(10)16)21(18,19)17-12-4-6-13(20-3)7-5-12/h4-9,17H,1-3H3. The van der Waals surface area contributed by atoms with E-state index in [-0.39, 0.29) is 4.90 Å². The smallest absolute Gasteiger partial charge is 0.262 e. The van der Waals surface area contributed by atoms with Crippen LogP contribution in [-0.2, 0) is 10.0 Å². The number of sulfonamides is 1. The number of methoxy groups -OCH3 is 1. The monoisotopic (exact) mass is 369 g/mol. The van der Waals surface area contributed by atoms with Gasteiger partial charge in [-0.2, -0.15) is 0 Å². The maximum absolute atomic E-state index is 12.5. The molecule has 0 atom stereocenters. The highest BCUT2D eigenvalue weighted by atomic mass is 79.9. The fraction of sp³-hybridized carbons (Fsp3) is 0.200. The summed E-state index contributed by atoms with van der Waals surface area (Å²) in [5, 5.41) is 0. The lowest BCUT2D eigenvalue weighted by Gasteiger charge is -2.12. The first-order chi connectivity index (χ1) is 9.83. The van der Waals surface area contributed by atoms with Gasteiger partial charge in [-0.25, -0.2) is 8.42 Å². The van der Waals surface area contributed by atoms with Gasteiger partial charge in [-0.1, -0.05) is 15.9 Å². The van der Waals surface area contributed by atoms with Gasteiger partial charge in [-0.15, -0.1) is 0 Å². The largest absolute Gasteiger partial charge is 0.497 e. The van der Waals surface area contributed by atoms with Crippen LogP contribution in [0.2, 0.25) is 0 Å². The van der Waals surface area contributed by atoms with Crippen molar-refractivity contribution in [3.63, 3.8) is 0 Å². The molecule has 2 aromatic rings. The van der Waals surface area contributed by atoms with Crippen LogP contribution in [0.25, 0.3) is 0 Å². The van der Waals surface area contributed by atoms with Gasteiger partial charge in [0.2, 0.25) is 0 Å². The number of nitrogens with one attached hydrogen (secondary N) is 1. The number of hydrogen-bond acceptors (Lipinski definition) is 3. The molecule has 112 valence electrons. The summed E-state index contributed by atoms with van der Waals surface area (Å²) in [5.74, 6) is 0.675. The lowest BCUT2D eigenvalue weighted by atomic mass is 10.2. The van der Waals surface area contributed by atoms with Crippen molar-refractivity contribution in [1.82, 2.24) is 0 Å². The average Bonchev–Trinajstić information content (AvgIpc) is 2.43. The van der Waals surface area contributed by atoms with Gasteiger partial charge in [-0.3, -0.25) is 4.72 Å². The molecule has 0 heterocycles. The van der Waals surface area contributed by atoms with E-state index in [1.807, 2.05) is 6.92 Å². The van der Waals surface area contributed by atoms with Crippen molar-refractivity contribution >= 4 is 31.6 Å². The fourth-order valence-electron chi connectivity index (χ4n) is 1.91. The molecule has 4 nitrogen and oxygen atoms in total. The van der Waals surface area contributed by atoms with Crippen LogP contribution in [0.5, 0.6) is 5.75 Å². The van der Waals surface area contributed by atoms with Gasteiger partial charge in [0.25, 0.3) is 10.0 Å². The van der Waals surface area contributed by atoms with E-state index in [9.17, 15) is 8.42 Å². The van der Waals surface area contributed by atoms with Gasteiger partial charge in [0, 0.05) is 10.2 Å². The first-order valence-electron chi connectivity index (χ1n) is 6.27. The van der Waals surface area contributed by atoms with Crippen molar-refractivity contribution in [3.05, 3.63) is 52.0 Å². The number of benzene rings is 2. The molecule has 0 bridgehead atoms. The van der Waals surface area contributed by atoms with Crippen LogP contribution in [0.15, 0.2) is 45.8 Å². The summed E-state index contributed by atoms with van der Waals surface area (Å²) in [5.41, 5.74) is 2.06. The van der Waals surface area contributed by atoms with Crippen LogP contribution in [0.1, 0.15) is 11.1 Å². The Bertz CT molecular complexity index is 755. The van der Waals surface area contributed by atoms with Crippen LogP contribution in [0.3, 0.4) is 0 Å². The summed E-state index contributed by atoms with van der Waals surface area (Å²) in [6.45, 7) is 3.63. The molecule has 0 aromatic heterocycles. The van der Waals surface area contributed by atoms with E-state index in [4.69, 9.17) is 4.74 Å². The van der Waals surface area contributed by atoms with Crippen LogP contribution >= 0.6 is 15.9 Å². The summed E-state index contributed by atoms with van der Waals surface area (Å²) in [6.07, 6.45) is 0. The summed E-state index contributed by atoms with van der Waals surface area (Å²) < 4.78 is 33.5. The second kappa shape index (κ2) is 6.07. The SMILES string of the molecule is COc1ccc(NS(=O)(=O)c2cc(C)c(Br)cc2C)cc1. The van der Waals surface area contributed by atoms with E-state index >= 15 is 0 Å². The zero-order valence-corrected chi connectivity index (χ0v) is 14.4. The molecule has 0 unspecified atom stereocenters. The Morgan fingerprint density at radius 2 is 1.67 bits per heavy atom. The molecule has 0 saturated heterocycles. The summed E-state index contributed by atoms with van der Waals surface area (Å²) in [4.78, 5) is 0.277. The molecule has 1 N–H and O–H groups in total. The Kier molecular flexibility index (Phi) is 4.58. The Morgan fingerprint density at radius 1 is 1.05 bits per heavy atom. The van der Waals surface area contributed by atoms with Crippen molar-refractivity contribution in [3.8, 4) is 5.75 Å². The highest BCUT2D eigenvalue weighted by Gasteiger charge is 2.18. The molecule has 2 rings (SSSR count). The average molecular weight is 370 g/mol. The topological polar surface area (TPSA) is 55.4 Å². The second-order valence-corrected chi connectivity index (χ2v) is 7.21. The third-order valence-electron chi connectivity index (χ3n) is 3.09. The zero-order chi connectivity index (χ0) is 15.6. The van der Waals surface area contributed by atoms with Crippen LogP contribution in [0.4, 0.5) is 5.69 Å². The number of anilines is 1. The second-order valence-electron chi connectivity index (χ2n) is 4.70. The van der Waals surface area contributed by atoms with Crippen molar-refractivity contribution in [2.75, 3.05) is 11.8 Å². The minimum atomic E-state index is -3.61.